The average Bonchev–Trinajstić information content (AvgIpc) is 2.37. The van der Waals surface area contributed by atoms with Gasteiger partial charge in [0, 0.05) is 6.92 Å². The minimum atomic E-state index is -1.39. The van der Waals surface area contributed by atoms with E-state index in [0.717, 1.165) is 0 Å². The van der Waals surface area contributed by atoms with Crippen LogP contribution in [-0.2, 0) is 14.3 Å². The molecule has 8 heteroatoms. The quantitative estimate of drug-likeness (QED) is 0.371. The Balaban J connectivity index is 2.68. The average molecular weight is 279 g/mol. The summed E-state index contributed by atoms with van der Waals surface area (Å²) in [5.74, 6) is -0.352. The zero-order valence-electron chi connectivity index (χ0n) is 10.9. The van der Waals surface area contributed by atoms with Gasteiger partial charge in [0.15, 0.2) is 6.29 Å². The van der Waals surface area contributed by atoms with E-state index < -0.39 is 50.0 Å². The standard InChI is InChI=1S/C11H21NO7/c1-5-8(12-6(2)15)9(16)10(17)11(18-5)19-7(3-13)4-14/h5,7-11,13-14,16-17H,3-4H2,1-2H3,(H,12,15)/t5-,8-,9+,10-,11+/m1/s1. The summed E-state index contributed by atoms with van der Waals surface area (Å²) in [6.45, 7) is 2.02. The number of rotatable bonds is 5. The van der Waals surface area contributed by atoms with E-state index in [0.29, 0.717) is 0 Å². The second kappa shape index (κ2) is 7.13. The molecule has 1 rings (SSSR count). The molecule has 0 aromatic rings. The van der Waals surface area contributed by atoms with Gasteiger partial charge in [0.05, 0.1) is 25.4 Å². The molecule has 1 aliphatic heterocycles. The van der Waals surface area contributed by atoms with Crippen molar-refractivity contribution in [3.8, 4) is 0 Å². The smallest absolute Gasteiger partial charge is 0.217 e. The molecule has 8 nitrogen and oxygen atoms in total. The van der Waals surface area contributed by atoms with E-state index in [1.54, 1.807) is 6.92 Å². The highest BCUT2D eigenvalue weighted by Crippen LogP contribution is 2.22. The van der Waals surface area contributed by atoms with Crippen LogP contribution in [0.15, 0.2) is 0 Å². The third-order valence-corrected chi connectivity index (χ3v) is 2.95. The molecule has 1 aliphatic rings. The number of amides is 1. The van der Waals surface area contributed by atoms with Gasteiger partial charge in [-0.15, -0.1) is 0 Å². The van der Waals surface area contributed by atoms with Crippen LogP contribution in [0.2, 0.25) is 0 Å². The van der Waals surface area contributed by atoms with Crippen molar-refractivity contribution in [1.29, 1.82) is 0 Å². The van der Waals surface area contributed by atoms with E-state index in [2.05, 4.69) is 5.32 Å². The number of carbonyl (C=O) groups is 1. The number of hydrogen-bond donors (Lipinski definition) is 5. The molecule has 19 heavy (non-hydrogen) atoms. The first-order valence-corrected chi connectivity index (χ1v) is 6.06. The van der Waals surface area contributed by atoms with Gasteiger partial charge < -0.3 is 35.2 Å². The van der Waals surface area contributed by atoms with E-state index >= 15 is 0 Å². The van der Waals surface area contributed by atoms with E-state index in [1.165, 1.54) is 6.92 Å². The van der Waals surface area contributed by atoms with E-state index in [1.807, 2.05) is 0 Å². The van der Waals surface area contributed by atoms with Crippen molar-refractivity contribution in [1.82, 2.24) is 5.32 Å². The van der Waals surface area contributed by atoms with E-state index in [4.69, 9.17) is 19.7 Å². The van der Waals surface area contributed by atoms with Crippen molar-refractivity contribution in [2.45, 2.75) is 50.6 Å². The third-order valence-electron chi connectivity index (χ3n) is 2.95. The molecule has 0 aromatic heterocycles. The topological polar surface area (TPSA) is 128 Å². The molecule has 1 heterocycles. The lowest BCUT2D eigenvalue weighted by molar-refractivity contribution is -0.290. The number of hydrogen-bond acceptors (Lipinski definition) is 7. The molecular weight excluding hydrogens is 258 g/mol. The molecule has 0 spiro atoms. The van der Waals surface area contributed by atoms with Crippen LogP contribution in [0.3, 0.4) is 0 Å². The lowest BCUT2D eigenvalue weighted by Crippen LogP contribution is -2.63. The summed E-state index contributed by atoms with van der Waals surface area (Å²) in [6.07, 6.45) is -5.34. The fraction of sp³-hybridized carbons (Fsp3) is 0.909. The van der Waals surface area contributed by atoms with Gasteiger partial charge >= 0.3 is 0 Å². The SMILES string of the molecule is CC(=O)N[C@H]1[C@H](O)[C@@H](O)[C@H](OC(CO)CO)O[C@@H]1C. The van der Waals surface area contributed by atoms with Crippen LogP contribution in [-0.4, -0.2) is 76.3 Å². The van der Waals surface area contributed by atoms with Crippen LogP contribution in [0.1, 0.15) is 13.8 Å². The van der Waals surface area contributed by atoms with E-state index in [9.17, 15) is 15.0 Å². The van der Waals surface area contributed by atoms with Crippen molar-refractivity contribution in [2.75, 3.05) is 13.2 Å². The van der Waals surface area contributed by atoms with Crippen molar-refractivity contribution >= 4 is 5.91 Å². The molecule has 5 atom stereocenters. The molecule has 0 bridgehead atoms. The summed E-state index contributed by atoms with van der Waals surface area (Å²) in [6, 6.07) is -0.756. The number of aliphatic hydroxyl groups excluding tert-OH is 4. The Labute approximate surface area is 110 Å². The molecule has 1 saturated heterocycles. The van der Waals surface area contributed by atoms with Crippen LogP contribution in [0, 0.1) is 0 Å². The summed E-state index contributed by atoms with van der Waals surface area (Å²) >= 11 is 0. The largest absolute Gasteiger partial charge is 0.394 e. The molecular formula is C11H21NO7. The van der Waals surface area contributed by atoms with Crippen LogP contribution in [0.25, 0.3) is 0 Å². The highest BCUT2D eigenvalue weighted by Gasteiger charge is 2.44. The second-order valence-corrected chi connectivity index (χ2v) is 4.54. The number of nitrogens with one attached hydrogen (secondary N) is 1. The Morgan fingerprint density at radius 2 is 1.89 bits per heavy atom. The van der Waals surface area contributed by atoms with Crippen molar-refractivity contribution in [3.05, 3.63) is 0 Å². The Hall–Kier alpha value is -0.770. The Bertz CT molecular complexity index is 297. The predicted molar refractivity (Wildman–Crippen MR) is 63.0 cm³/mol. The van der Waals surface area contributed by atoms with Gasteiger partial charge in [0.1, 0.15) is 18.3 Å². The fourth-order valence-corrected chi connectivity index (χ4v) is 1.91. The van der Waals surface area contributed by atoms with E-state index in [-0.39, 0.29) is 5.91 Å². The molecule has 112 valence electrons. The Morgan fingerprint density at radius 3 is 2.37 bits per heavy atom. The van der Waals surface area contributed by atoms with Gasteiger partial charge in [0.25, 0.3) is 0 Å². The summed E-state index contributed by atoms with van der Waals surface area (Å²) in [5, 5.41) is 40.1. The first kappa shape index (κ1) is 16.3. The molecule has 0 saturated carbocycles. The first-order valence-electron chi connectivity index (χ1n) is 6.06. The predicted octanol–water partition coefficient (Wildman–Crippen LogP) is -2.67. The maximum Gasteiger partial charge on any atom is 0.217 e. The summed E-state index contributed by atoms with van der Waals surface area (Å²) < 4.78 is 10.5. The minimum Gasteiger partial charge on any atom is -0.394 e. The summed E-state index contributed by atoms with van der Waals surface area (Å²) in [5.41, 5.74) is 0. The molecule has 1 fully saturated rings. The van der Waals surface area contributed by atoms with Gasteiger partial charge in [-0.2, -0.15) is 0 Å². The zero-order chi connectivity index (χ0) is 14.6. The molecule has 1 amide bonds. The van der Waals surface area contributed by atoms with Crippen LogP contribution in [0.5, 0.6) is 0 Å². The van der Waals surface area contributed by atoms with Crippen LogP contribution < -0.4 is 5.32 Å². The minimum absolute atomic E-state index is 0.352. The zero-order valence-corrected chi connectivity index (χ0v) is 10.9. The molecule has 0 radical (unpaired) electrons. The number of aliphatic hydroxyl groups is 4. The number of ether oxygens (including phenoxy) is 2. The van der Waals surface area contributed by atoms with Crippen LogP contribution >= 0.6 is 0 Å². The number of carbonyl (C=O) groups excluding carboxylic acids is 1. The Morgan fingerprint density at radius 1 is 1.32 bits per heavy atom. The lowest BCUT2D eigenvalue weighted by atomic mass is 9.97. The summed E-state index contributed by atoms with van der Waals surface area (Å²) in [7, 11) is 0. The van der Waals surface area contributed by atoms with Crippen molar-refractivity contribution in [2.24, 2.45) is 0 Å². The monoisotopic (exact) mass is 279 g/mol. The first-order chi connectivity index (χ1) is 8.90. The van der Waals surface area contributed by atoms with Crippen LogP contribution in [0.4, 0.5) is 0 Å². The second-order valence-electron chi connectivity index (χ2n) is 4.54. The molecule has 5 N–H and O–H groups in total. The normalized spacial score (nSPS) is 35.4. The van der Waals surface area contributed by atoms with Crippen molar-refractivity contribution in [3.63, 3.8) is 0 Å². The maximum absolute atomic E-state index is 11.0. The molecule has 0 unspecified atom stereocenters. The molecule has 0 aliphatic carbocycles. The summed E-state index contributed by atoms with van der Waals surface area (Å²) in [4.78, 5) is 11.0. The van der Waals surface area contributed by atoms with Gasteiger partial charge in [-0.05, 0) is 6.92 Å². The van der Waals surface area contributed by atoms with Gasteiger partial charge in [0.2, 0.25) is 5.91 Å². The maximum atomic E-state index is 11.0. The third kappa shape index (κ3) is 4.10. The fourth-order valence-electron chi connectivity index (χ4n) is 1.91. The Kier molecular flexibility index (Phi) is 6.11. The lowest BCUT2D eigenvalue weighted by Gasteiger charge is -2.42. The van der Waals surface area contributed by atoms with Crippen molar-refractivity contribution < 1.29 is 34.7 Å². The highest BCUT2D eigenvalue weighted by atomic mass is 16.7. The highest BCUT2D eigenvalue weighted by molar-refractivity contribution is 5.73. The van der Waals surface area contributed by atoms with Gasteiger partial charge in [-0.1, -0.05) is 0 Å². The van der Waals surface area contributed by atoms with Gasteiger partial charge in [-0.25, -0.2) is 0 Å². The van der Waals surface area contributed by atoms with Gasteiger partial charge in [-0.3, -0.25) is 4.79 Å². The molecule has 0 aromatic carbocycles.